The largest absolute Gasteiger partial charge is 0.464 e. The summed E-state index contributed by atoms with van der Waals surface area (Å²) >= 11 is 0. The number of morpholine rings is 1. The topological polar surface area (TPSA) is 59.8 Å². The van der Waals surface area contributed by atoms with Crippen LogP contribution in [0.5, 0.6) is 0 Å². The highest BCUT2D eigenvalue weighted by Gasteiger charge is 2.31. The summed E-state index contributed by atoms with van der Waals surface area (Å²) in [5.74, 6) is -0.181. The minimum atomic E-state index is -0.243. The van der Waals surface area contributed by atoms with Crippen LogP contribution in [-0.4, -0.2) is 42.8 Å². The van der Waals surface area contributed by atoms with E-state index in [-0.39, 0.29) is 23.9 Å². The first-order chi connectivity index (χ1) is 13.7. The van der Waals surface area contributed by atoms with E-state index >= 15 is 0 Å². The molecule has 1 aliphatic heterocycles. The first-order valence-corrected chi connectivity index (χ1v) is 9.97. The number of carbonyl (C=O) groups excluding carboxylic acids is 2. The molecule has 3 aromatic rings. The molecule has 144 valence electrons. The van der Waals surface area contributed by atoms with E-state index in [2.05, 4.69) is 29.2 Å². The molecule has 2 aromatic carbocycles. The minimum Gasteiger partial charge on any atom is -0.464 e. The van der Waals surface area contributed by atoms with Gasteiger partial charge in [0.05, 0.1) is 25.9 Å². The zero-order valence-corrected chi connectivity index (χ0v) is 15.8. The van der Waals surface area contributed by atoms with Gasteiger partial charge in [0.2, 0.25) is 0 Å². The van der Waals surface area contributed by atoms with E-state index in [1.807, 2.05) is 6.07 Å². The van der Waals surface area contributed by atoms with Gasteiger partial charge in [0, 0.05) is 42.9 Å². The lowest BCUT2D eigenvalue weighted by atomic mass is 9.81. The van der Waals surface area contributed by atoms with Crippen molar-refractivity contribution in [3.05, 3.63) is 47.7 Å². The average Bonchev–Trinajstić information content (AvgIpc) is 3.13. The van der Waals surface area contributed by atoms with Gasteiger partial charge < -0.3 is 9.15 Å². The van der Waals surface area contributed by atoms with Crippen LogP contribution in [0.3, 0.4) is 0 Å². The van der Waals surface area contributed by atoms with Gasteiger partial charge >= 0.3 is 0 Å². The maximum absolute atomic E-state index is 12.5. The van der Waals surface area contributed by atoms with E-state index in [1.54, 1.807) is 6.26 Å². The molecule has 0 N–H and O–H groups in total. The molecule has 2 fully saturated rings. The molecular formula is C23H23NO4. The number of hydrogen-bond acceptors (Lipinski definition) is 5. The van der Waals surface area contributed by atoms with Crippen LogP contribution in [-0.2, 0) is 20.9 Å². The Morgan fingerprint density at radius 2 is 1.89 bits per heavy atom. The molecule has 5 nitrogen and oxygen atoms in total. The van der Waals surface area contributed by atoms with Crippen molar-refractivity contribution in [3.63, 3.8) is 0 Å². The van der Waals surface area contributed by atoms with E-state index in [0.29, 0.717) is 12.8 Å². The number of carbonyl (C=O) groups is 2. The number of rotatable bonds is 3. The van der Waals surface area contributed by atoms with Crippen molar-refractivity contribution in [3.8, 4) is 0 Å². The zero-order valence-electron chi connectivity index (χ0n) is 15.8. The van der Waals surface area contributed by atoms with Gasteiger partial charge in [0.1, 0.15) is 17.1 Å². The highest BCUT2D eigenvalue weighted by atomic mass is 16.5. The molecule has 0 spiro atoms. The highest BCUT2D eigenvalue weighted by molar-refractivity contribution is 6.12. The number of benzene rings is 2. The zero-order chi connectivity index (χ0) is 19.1. The molecule has 0 radical (unpaired) electrons. The Kier molecular flexibility index (Phi) is 4.49. The molecule has 1 saturated carbocycles. The smallest absolute Gasteiger partial charge is 0.147 e. The van der Waals surface area contributed by atoms with Gasteiger partial charge in [-0.1, -0.05) is 24.3 Å². The van der Waals surface area contributed by atoms with Crippen molar-refractivity contribution >= 4 is 33.3 Å². The molecule has 1 atom stereocenters. The molecule has 1 aromatic heterocycles. The van der Waals surface area contributed by atoms with Crippen molar-refractivity contribution < 1.29 is 18.7 Å². The van der Waals surface area contributed by atoms with Gasteiger partial charge in [-0.25, -0.2) is 0 Å². The molecule has 1 aliphatic carbocycles. The van der Waals surface area contributed by atoms with Gasteiger partial charge in [-0.15, -0.1) is 0 Å². The molecule has 1 unspecified atom stereocenters. The summed E-state index contributed by atoms with van der Waals surface area (Å²) in [6.45, 7) is 4.34. The molecule has 2 heterocycles. The summed E-state index contributed by atoms with van der Waals surface area (Å²) in [6.07, 6.45) is 2.81. The van der Waals surface area contributed by atoms with Crippen molar-refractivity contribution in [1.29, 1.82) is 0 Å². The van der Waals surface area contributed by atoms with Crippen LogP contribution in [0.15, 0.2) is 41.0 Å². The quantitative estimate of drug-likeness (QED) is 0.650. The van der Waals surface area contributed by atoms with Crippen molar-refractivity contribution in [2.24, 2.45) is 0 Å². The molecule has 0 amide bonds. The van der Waals surface area contributed by atoms with Crippen LogP contribution >= 0.6 is 0 Å². The van der Waals surface area contributed by atoms with Gasteiger partial charge in [-0.05, 0) is 28.8 Å². The second-order valence-electron chi connectivity index (χ2n) is 7.80. The Bertz CT molecular complexity index is 1060. The van der Waals surface area contributed by atoms with E-state index in [1.165, 1.54) is 10.9 Å². The third kappa shape index (κ3) is 3.05. The van der Waals surface area contributed by atoms with Crippen LogP contribution in [0, 0.1) is 0 Å². The summed E-state index contributed by atoms with van der Waals surface area (Å²) in [6, 6.07) is 10.5. The second-order valence-corrected chi connectivity index (χ2v) is 7.80. The van der Waals surface area contributed by atoms with E-state index in [0.717, 1.165) is 54.8 Å². The number of Topliss-reactive ketones (excluding diaryl/α,β-unsaturated/α-hetero) is 2. The molecule has 0 bridgehead atoms. The molecule has 28 heavy (non-hydrogen) atoms. The Morgan fingerprint density at radius 3 is 2.71 bits per heavy atom. The number of nitrogens with zero attached hydrogens (tertiary/aromatic N) is 1. The van der Waals surface area contributed by atoms with Gasteiger partial charge in [0.15, 0.2) is 0 Å². The van der Waals surface area contributed by atoms with Gasteiger partial charge in [-0.3, -0.25) is 14.5 Å². The number of ether oxygens (including phenoxy) is 1. The first kappa shape index (κ1) is 17.6. The van der Waals surface area contributed by atoms with Crippen LogP contribution in [0.4, 0.5) is 0 Å². The van der Waals surface area contributed by atoms with Crippen molar-refractivity contribution in [2.45, 2.75) is 31.7 Å². The van der Waals surface area contributed by atoms with Gasteiger partial charge in [0.25, 0.3) is 0 Å². The van der Waals surface area contributed by atoms with Gasteiger partial charge in [-0.2, -0.15) is 0 Å². The normalized spacial score (nSPS) is 21.6. The Labute approximate surface area is 163 Å². The lowest BCUT2D eigenvalue weighted by molar-refractivity contribution is -0.130. The first-order valence-electron chi connectivity index (χ1n) is 9.97. The molecular weight excluding hydrogens is 354 g/mol. The minimum absolute atomic E-state index is 0.0143. The van der Waals surface area contributed by atoms with E-state index in [4.69, 9.17) is 9.15 Å². The number of hydrogen-bond donors (Lipinski definition) is 0. The Balaban J connectivity index is 1.59. The summed E-state index contributed by atoms with van der Waals surface area (Å²) in [5.41, 5.74) is 3.01. The summed E-state index contributed by atoms with van der Waals surface area (Å²) in [4.78, 5) is 26.6. The molecule has 5 heteroatoms. The molecule has 5 rings (SSSR count). The maximum Gasteiger partial charge on any atom is 0.147 e. The van der Waals surface area contributed by atoms with E-state index in [9.17, 15) is 9.59 Å². The maximum atomic E-state index is 12.5. The monoisotopic (exact) mass is 377 g/mol. The fraction of sp³-hybridized carbons (Fsp3) is 0.391. The Morgan fingerprint density at radius 1 is 1.04 bits per heavy atom. The van der Waals surface area contributed by atoms with Crippen LogP contribution < -0.4 is 0 Å². The summed E-state index contributed by atoms with van der Waals surface area (Å²) < 4.78 is 11.3. The number of fused-ring (bicyclic) bond motifs is 3. The van der Waals surface area contributed by atoms with Crippen LogP contribution in [0.25, 0.3) is 21.7 Å². The second kappa shape index (κ2) is 7.15. The van der Waals surface area contributed by atoms with Crippen LogP contribution in [0.2, 0.25) is 0 Å². The molecule has 1 saturated heterocycles. The predicted octanol–water partition coefficient (Wildman–Crippen LogP) is 3.82. The molecule has 2 aliphatic rings. The number of ketones is 2. The summed E-state index contributed by atoms with van der Waals surface area (Å²) in [7, 11) is 0. The van der Waals surface area contributed by atoms with Crippen molar-refractivity contribution in [1.82, 2.24) is 4.90 Å². The van der Waals surface area contributed by atoms with Crippen molar-refractivity contribution in [2.75, 3.05) is 26.3 Å². The highest BCUT2D eigenvalue weighted by Crippen LogP contribution is 2.39. The lowest BCUT2D eigenvalue weighted by Gasteiger charge is -2.27. The average molecular weight is 377 g/mol. The lowest BCUT2D eigenvalue weighted by Crippen LogP contribution is -2.35. The Hall–Kier alpha value is -2.50. The fourth-order valence-electron chi connectivity index (χ4n) is 4.58. The SMILES string of the molecule is O=C1CCC(c2coc3ccc4c(CN5CCOCC5)cccc4c23)C(=O)C1. The number of furan rings is 1. The standard InChI is InChI=1S/C23H23NO4/c25-16-4-5-18(21(26)12-16)20-14-28-22-7-6-17-15(2-1-3-19(17)23(20)22)13-24-8-10-27-11-9-24/h1-3,6-7,14,18H,4-5,8-13H2. The summed E-state index contributed by atoms with van der Waals surface area (Å²) in [5, 5.41) is 3.34. The third-order valence-electron chi connectivity index (χ3n) is 6.06. The fourth-order valence-corrected chi connectivity index (χ4v) is 4.58. The van der Waals surface area contributed by atoms with Crippen LogP contribution in [0.1, 0.15) is 36.3 Å². The predicted molar refractivity (Wildman–Crippen MR) is 106 cm³/mol. The van der Waals surface area contributed by atoms with E-state index < -0.39 is 0 Å². The third-order valence-corrected chi connectivity index (χ3v) is 6.06.